The Labute approximate surface area is 94.1 Å². The van der Waals surface area contributed by atoms with Crippen LogP contribution in [-0.2, 0) is 4.74 Å². The standard InChI is InChI=1S/C10H7F3N2O2/c1-4-9(14-15-10(16)17-4)5-2-6(11)8(13)7(12)3-5/h2-4H,1H3,(H,15,16)/t4-/m1/s1. The van der Waals surface area contributed by atoms with Gasteiger partial charge in [-0.15, -0.1) is 0 Å². The van der Waals surface area contributed by atoms with E-state index in [4.69, 9.17) is 4.74 Å². The van der Waals surface area contributed by atoms with Crippen LogP contribution in [0, 0.1) is 17.5 Å². The minimum Gasteiger partial charge on any atom is -0.439 e. The van der Waals surface area contributed by atoms with Crippen molar-refractivity contribution in [2.75, 3.05) is 0 Å². The molecule has 1 atom stereocenters. The lowest BCUT2D eigenvalue weighted by Crippen LogP contribution is -2.37. The van der Waals surface area contributed by atoms with Gasteiger partial charge in [-0.25, -0.2) is 23.4 Å². The van der Waals surface area contributed by atoms with Crippen LogP contribution in [0.2, 0.25) is 0 Å². The summed E-state index contributed by atoms with van der Waals surface area (Å²) < 4.78 is 43.5. The van der Waals surface area contributed by atoms with Crippen LogP contribution in [-0.4, -0.2) is 17.9 Å². The van der Waals surface area contributed by atoms with Gasteiger partial charge in [-0.1, -0.05) is 0 Å². The van der Waals surface area contributed by atoms with Crippen molar-refractivity contribution in [3.05, 3.63) is 35.1 Å². The maximum atomic E-state index is 13.0. The van der Waals surface area contributed by atoms with E-state index in [0.717, 1.165) is 12.1 Å². The molecule has 0 aliphatic carbocycles. The van der Waals surface area contributed by atoms with Gasteiger partial charge >= 0.3 is 6.09 Å². The number of rotatable bonds is 1. The van der Waals surface area contributed by atoms with Gasteiger partial charge in [0.1, 0.15) is 11.8 Å². The van der Waals surface area contributed by atoms with E-state index in [1.54, 1.807) is 0 Å². The summed E-state index contributed by atoms with van der Waals surface area (Å²) in [4.78, 5) is 10.8. The second kappa shape index (κ2) is 4.08. The van der Waals surface area contributed by atoms with Crippen molar-refractivity contribution in [2.45, 2.75) is 13.0 Å². The summed E-state index contributed by atoms with van der Waals surface area (Å²) in [7, 11) is 0. The predicted octanol–water partition coefficient (Wildman–Crippen LogP) is 1.94. The lowest BCUT2D eigenvalue weighted by Gasteiger charge is -2.20. The number of amides is 1. The maximum Gasteiger partial charge on any atom is 0.428 e. The highest BCUT2D eigenvalue weighted by atomic mass is 19.2. The Morgan fingerprint density at radius 3 is 2.41 bits per heavy atom. The summed E-state index contributed by atoms with van der Waals surface area (Å²) in [6, 6.07) is 1.57. The van der Waals surface area contributed by atoms with Crippen molar-refractivity contribution >= 4 is 11.8 Å². The van der Waals surface area contributed by atoms with E-state index >= 15 is 0 Å². The fourth-order valence-electron chi connectivity index (χ4n) is 1.44. The first-order chi connectivity index (χ1) is 7.99. The zero-order valence-electron chi connectivity index (χ0n) is 8.63. The number of carbonyl (C=O) groups excluding carboxylic acids is 1. The van der Waals surface area contributed by atoms with E-state index in [1.165, 1.54) is 6.92 Å². The number of nitrogens with one attached hydrogen (secondary N) is 1. The molecule has 0 unspecified atom stereocenters. The van der Waals surface area contributed by atoms with Crippen LogP contribution in [0.15, 0.2) is 17.2 Å². The van der Waals surface area contributed by atoms with E-state index in [0.29, 0.717) is 0 Å². The van der Waals surface area contributed by atoms with E-state index in [2.05, 4.69) is 5.10 Å². The Hall–Kier alpha value is -2.05. The number of halogens is 3. The third kappa shape index (κ3) is 2.08. The fourth-order valence-corrected chi connectivity index (χ4v) is 1.44. The topological polar surface area (TPSA) is 50.7 Å². The van der Waals surface area contributed by atoms with Crippen molar-refractivity contribution in [3.8, 4) is 0 Å². The van der Waals surface area contributed by atoms with Crippen LogP contribution in [0.3, 0.4) is 0 Å². The molecule has 4 nitrogen and oxygen atoms in total. The number of ether oxygens (including phenoxy) is 1. The molecule has 2 rings (SSSR count). The molecule has 1 aromatic rings. The average molecular weight is 244 g/mol. The first-order valence-corrected chi connectivity index (χ1v) is 4.68. The zero-order chi connectivity index (χ0) is 12.6. The average Bonchev–Trinajstić information content (AvgIpc) is 2.25. The van der Waals surface area contributed by atoms with Gasteiger partial charge in [0.25, 0.3) is 0 Å². The molecule has 0 saturated carbocycles. The van der Waals surface area contributed by atoms with E-state index in [9.17, 15) is 18.0 Å². The molecule has 1 amide bonds. The Morgan fingerprint density at radius 1 is 1.29 bits per heavy atom. The molecule has 7 heteroatoms. The Kier molecular flexibility index (Phi) is 2.74. The van der Waals surface area contributed by atoms with Crippen LogP contribution >= 0.6 is 0 Å². The van der Waals surface area contributed by atoms with Crippen molar-refractivity contribution in [3.63, 3.8) is 0 Å². The van der Waals surface area contributed by atoms with E-state index in [-0.39, 0.29) is 11.3 Å². The maximum absolute atomic E-state index is 13.0. The third-order valence-electron chi connectivity index (χ3n) is 2.22. The van der Waals surface area contributed by atoms with Crippen LogP contribution in [0.25, 0.3) is 0 Å². The number of hydrogen-bond acceptors (Lipinski definition) is 3. The smallest absolute Gasteiger partial charge is 0.428 e. The second-order valence-electron chi connectivity index (χ2n) is 3.41. The molecule has 0 fully saturated rings. The van der Waals surface area contributed by atoms with Gasteiger partial charge in [-0.05, 0) is 19.1 Å². The van der Waals surface area contributed by atoms with Crippen molar-refractivity contribution < 1.29 is 22.7 Å². The number of carbonyl (C=O) groups is 1. The Bertz CT molecular complexity index is 493. The van der Waals surface area contributed by atoms with Crippen LogP contribution < -0.4 is 5.43 Å². The summed E-state index contributed by atoms with van der Waals surface area (Å²) >= 11 is 0. The number of cyclic esters (lactones) is 1. The van der Waals surface area contributed by atoms with E-state index < -0.39 is 29.6 Å². The second-order valence-corrected chi connectivity index (χ2v) is 3.41. The molecule has 0 aromatic heterocycles. The summed E-state index contributed by atoms with van der Waals surface area (Å²) in [5.74, 6) is -4.21. The molecule has 1 aromatic carbocycles. The largest absolute Gasteiger partial charge is 0.439 e. The lowest BCUT2D eigenvalue weighted by molar-refractivity contribution is 0.127. The fraction of sp³-hybridized carbons (Fsp3) is 0.200. The summed E-state index contributed by atoms with van der Waals surface area (Å²) in [6.45, 7) is 1.48. The van der Waals surface area contributed by atoms with Crippen molar-refractivity contribution in [1.29, 1.82) is 0 Å². The molecular formula is C10H7F3N2O2. The highest BCUT2D eigenvalue weighted by Gasteiger charge is 2.24. The van der Waals surface area contributed by atoms with Gasteiger partial charge < -0.3 is 4.74 Å². The third-order valence-corrected chi connectivity index (χ3v) is 2.22. The van der Waals surface area contributed by atoms with Gasteiger partial charge in [0.15, 0.2) is 17.5 Å². The molecule has 0 saturated heterocycles. The number of benzene rings is 1. The summed E-state index contributed by atoms with van der Waals surface area (Å²) in [5, 5.41) is 3.61. The predicted molar refractivity (Wildman–Crippen MR) is 51.9 cm³/mol. The Morgan fingerprint density at radius 2 is 1.88 bits per heavy atom. The molecule has 1 aliphatic heterocycles. The molecule has 0 bridgehead atoms. The van der Waals surface area contributed by atoms with Gasteiger partial charge in [0, 0.05) is 5.56 Å². The normalized spacial score (nSPS) is 19.4. The first-order valence-electron chi connectivity index (χ1n) is 4.68. The van der Waals surface area contributed by atoms with Gasteiger partial charge in [-0.2, -0.15) is 5.10 Å². The molecule has 0 radical (unpaired) electrons. The molecule has 0 spiro atoms. The van der Waals surface area contributed by atoms with Gasteiger partial charge in [0.05, 0.1) is 0 Å². The minimum absolute atomic E-state index is 0.00824. The van der Waals surface area contributed by atoms with Crippen LogP contribution in [0.1, 0.15) is 12.5 Å². The van der Waals surface area contributed by atoms with E-state index in [1.807, 2.05) is 5.43 Å². The monoisotopic (exact) mass is 244 g/mol. The minimum atomic E-state index is -1.55. The number of nitrogens with zero attached hydrogens (tertiary/aromatic N) is 1. The molecule has 90 valence electrons. The van der Waals surface area contributed by atoms with Crippen molar-refractivity contribution in [2.24, 2.45) is 5.10 Å². The van der Waals surface area contributed by atoms with Gasteiger partial charge in [0.2, 0.25) is 0 Å². The van der Waals surface area contributed by atoms with Gasteiger partial charge in [-0.3, -0.25) is 0 Å². The molecule has 1 heterocycles. The summed E-state index contributed by atoms with van der Waals surface area (Å²) in [6.07, 6.45) is -1.53. The van der Waals surface area contributed by atoms with Crippen molar-refractivity contribution in [1.82, 2.24) is 5.43 Å². The molecule has 17 heavy (non-hydrogen) atoms. The SMILES string of the molecule is C[C@H]1OC(=O)NN=C1c1cc(F)c(F)c(F)c1. The lowest BCUT2D eigenvalue weighted by atomic mass is 10.1. The highest BCUT2D eigenvalue weighted by Crippen LogP contribution is 2.17. The highest BCUT2D eigenvalue weighted by molar-refractivity contribution is 6.05. The van der Waals surface area contributed by atoms with Crippen LogP contribution in [0.5, 0.6) is 0 Å². The zero-order valence-corrected chi connectivity index (χ0v) is 8.63. The number of hydrazone groups is 1. The Balaban J connectivity index is 2.44. The quantitative estimate of drug-likeness (QED) is 0.767. The molecule has 1 aliphatic rings. The first kappa shape index (κ1) is 11.4. The summed E-state index contributed by atoms with van der Waals surface area (Å²) in [5.41, 5.74) is 2.12. The molecule has 1 N–H and O–H groups in total. The number of hydrogen-bond donors (Lipinski definition) is 1. The van der Waals surface area contributed by atoms with Crippen LogP contribution in [0.4, 0.5) is 18.0 Å². The molecular weight excluding hydrogens is 237 g/mol.